The number of aliphatic hydroxyl groups excluding tert-OH is 1. The van der Waals surface area contributed by atoms with Gasteiger partial charge in [0.2, 0.25) is 11.8 Å². The van der Waals surface area contributed by atoms with Crippen LogP contribution in [0.15, 0.2) is 4.42 Å². The number of aryl methyl sites for hydroxylation is 1. The summed E-state index contributed by atoms with van der Waals surface area (Å²) in [4.78, 5) is 2.01. The predicted molar refractivity (Wildman–Crippen MR) is 57.9 cm³/mol. The molecule has 1 heterocycles. The van der Waals surface area contributed by atoms with Gasteiger partial charge in [0.1, 0.15) is 0 Å². The Bertz CT molecular complexity index is 291. The van der Waals surface area contributed by atoms with Crippen LogP contribution in [0.5, 0.6) is 0 Å². The van der Waals surface area contributed by atoms with Crippen LogP contribution in [-0.4, -0.2) is 53.6 Å². The van der Waals surface area contributed by atoms with Gasteiger partial charge in [-0.15, -0.1) is 10.2 Å². The minimum absolute atomic E-state index is 0.110. The predicted octanol–water partition coefficient (Wildman–Crippen LogP) is 0.0727. The summed E-state index contributed by atoms with van der Waals surface area (Å²) in [5.41, 5.74) is 0. The molecule has 0 aliphatic carbocycles. The Morgan fingerprint density at radius 1 is 1.31 bits per heavy atom. The summed E-state index contributed by atoms with van der Waals surface area (Å²) in [5.74, 6) is 1.23. The Balaban J connectivity index is 2.46. The summed E-state index contributed by atoms with van der Waals surface area (Å²) in [6, 6.07) is 0. The highest BCUT2D eigenvalue weighted by molar-refractivity contribution is 4.81. The first-order chi connectivity index (χ1) is 7.80. The molecular formula is C10H19N3O3. The first-order valence-electron chi connectivity index (χ1n) is 5.43. The van der Waals surface area contributed by atoms with Gasteiger partial charge in [0.05, 0.1) is 19.8 Å². The molecule has 6 heteroatoms. The summed E-state index contributed by atoms with van der Waals surface area (Å²) < 4.78 is 10.4. The largest absolute Gasteiger partial charge is 0.424 e. The Morgan fingerprint density at radius 3 is 2.62 bits per heavy atom. The number of hydrogen-bond donors (Lipinski definition) is 1. The average molecular weight is 229 g/mol. The summed E-state index contributed by atoms with van der Waals surface area (Å²) in [6.45, 7) is 4.56. The molecule has 92 valence electrons. The zero-order valence-electron chi connectivity index (χ0n) is 9.85. The molecule has 0 saturated carbocycles. The standard InChI is InChI=1S/C10H19N3O3/c1-3-9-11-12-10(16-9)8-13(4-6-14)5-7-15-2/h14H,3-8H2,1-2H3. The molecule has 0 bridgehead atoms. The zero-order valence-corrected chi connectivity index (χ0v) is 9.85. The highest BCUT2D eigenvalue weighted by Gasteiger charge is 2.10. The molecule has 0 spiro atoms. The lowest BCUT2D eigenvalue weighted by molar-refractivity contribution is 0.120. The van der Waals surface area contributed by atoms with E-state index >= 15 is 0 Å². The molecule has 0 saturated heterocycles. The zero-order chi connectivity index (χ0) is 11.8. The van der Waals surface area contributed by atoms with Crippen LogP contribution in [0.1, 0.15) is 18.7 Å². The van der Waals surface area contributed by atoms with E-state index < -0.39 is 0 Å². The molecular weight excluding hydrogens is 210 g/mol. The normalized spacial score (nSPS) is 11.2. The first kappa shape index (κ1) is 13.1. The molecule has 0 aromatic carbocycles. The Morgan fingerprint density at radius 2 is 2.06 bits per heavy atom. The number of methoxy groups -OCH3 is 1. The van der Waals surface area contributed by atoms with Gasteiger partial charge < -0.3 is 14.3 Å². The summed E-state index contributed by atoms with van der Waals surface area (Å²) in [7, 11) is 1.65. The van der Waals surface area contributed by atoms with Gasteiger partial charge in [-0.2, -0.15) is 0 Å². The number of nitrogens with zero attached hydrogens (tertiary/aromatic N) is 3. The Labute approximate surface area is 95.2 Å². The molecule has 0 radical (unpaired) electrons. The lowest BCUT2D eigenvalue weighted by Gasteiger charge is -2.18. The highest BCUT2D eigenvalue weighted by atomic mass is 16.5. The quantitative estimate of drug-likeness (QED) is 0.680. The van der Waals surface area contributed by atoms with Gasteiger partial charge in [-0.3, -0.25) is 4.90 Å². The van der Waals surface area contributed by atoms with Crippen molar-refractivity contribution in [3.05, 3.63) is 11.8 Å². The van der Waals surface area contributed by atoms with Gasteiger partial charge in [0.15, 0.2) is 0 Å². The van der Waals surface area contributed by atoms with Crippen LogP contribution in [0, 0.1) is 0 Å². The third-order valence-electron chi connectivity index (χ3n) is 2.20. The van der Waals surface area contributed by atoms with Gasteiger partial charge >= 0.3 is 0 Å². The fraction of sp³-hybridized carbons (Fsp3) is 0.800. The molecule has 0 atom stereocenters. The van der Waals surface area contributed by atoms with Gasteiger partial charge in [-0.1, -0.05) is 6.92 Å². The van der Waals surface area contributed by atoms with Gasteiger partial charge in [-0.25, -0.2) is 0 Å². The number of aliphatic hydroxyl groups is 1. The van der Waals surface area contributed by atoms with Crippen LogP contribution in [0.25, 0.3) is 0 Å². The molecule has 0 unspecified atom stereocenters. The highest BCUT2D eigenvalue weighted by Crippen LogP contribution is 2.04. The van der Waals surface area contributed by atoms with Crippen molar-refractivity contribution in [2.24, 2.45) is 0 Å². The molecule has 0 amide bonds. The van der Waals surface area contributed by atoms with Gasteiger partial charge in [-0.05, 0) is 0 Å². The van der Waals surface area contributed by atoms with Crippen molar-refractivity contribution in [1.29, 1.82) is 0 Å². The average Bonchev–Trinajstić information content (AvgIpc) is 2.74. The van der Waals surface area contributed by atoms with E-state index in [1.54, 1.807) is 7.11 Å². The molecule has 16 heavy (non-hydrogen) atoms. The molecule has 1 aromatic heterocycles. The van der Waals surface area contributed by atoms with Crippen LogP contribution in [0.3, 0.4) is 0 Å². The second-order valence-electron chi connectivity index (χ2n) is 3.44. The summed E-state index contributed by atoms with van der Waals surface area (Å²) in [5, 5.41) is 16.7. The van der Waals surface area contributed by atoms with Crippen LogP contribution in [-0.2, 0) is 17.7 Å². The monoisotopic (exact) mass is 229 g/mol. The minimum atomic E-state index is 0.110. The lowest BCUT2D eigenvalue weighted by atomic mass is 10.4. The summed E-state index contributed by atoms with van der Waals surface area (Å²) >= 11 is 0. The van der Waals surface area contributed by atoms with Crippen molar-refractivity contribution in [1.82, 2.24) is 15.1 Å². The van der Waals surface area contributed by atoms with Crippen molar-refractivity contribution in [3.63, 3.8) is 0 Å². The van der Waals surface area contributed by atoms with Crippen molar-refractivity contribution >= 4 is 0 Å². The maximum Gasteiger partial charge on any atom is 0.230 e. The third kappa shape index (κ3) is 4.26. The summed E-state index contributed by atoms with van der Waals surface area (Å²) in [6.07, 6.45) is 0.741. The number of rotatable bonds is 8. The van der Waals surface area contributed by atoms with E-state index in [0.717, 1.165) is 13.0 Å². The first-order valence-corrected chi connectivity index (χ1v) is 5.43. The maximum atomic E-state index is 8.92. The molecule has 6 nitrogen and oxygen atoms in total. The number of hydrogen-bond acceptors (Lipinski definition) is 6. The van der Waals surface area contributed by atoms with Crippen LogP contribution in [0.4, 0.5) is 0 Å². The third-order valence-corrected chi connectivity index (χ3v) is 2.20. The minimum Gasteiger partial charge on any atom is -0.424 e. The maximum absolute atomic E-state index is 8.92. The Hall–Kier alpha value is -0.980. The molecule has 0 fully saturated rings. The molecule has 0 aliphatic heterocycles. The fourth-order valence-electron chi connectivity index (χ4n) is 1.32. The molecule has 1 aromatic rings. The molecule has 1 rings (SSSR count). The van der Waals surface area contributed by atoms with E-state index in [4.69, 9.17) is 14.3 Å². The van der Waals surface area contributed by atoms with Crippen molar-refractivity contribution in [3.8, 4) is 0 Å². The van der Waals surface area contributed by atoms with Crippen LogP contribution < -0.4 is 0 Å². The van der Waals surface area contributed by atoms with E-state index in [2.05, 4.69) is 10.2 Å². The molecule has 0 aliphatic rings. The van der Waals surface area contributed by atoms with E-state index in [1.165, 1.54) is 0 Å². The van der Waals surface area contributed by atoms with Crippen molar-refractivity contribution < 1.29 is 14.3 Å². The SMILES string of the molecule is CCc1nnc(CN(CCO)CCOC)o1. The number of ether oxygens (including phenoxy) is 1. The number of aromatic nitrogens is 2. The van der Waals surface area contributed by atoms with Gasteiger partial charge in [0.25, 0.3) is 0 Å². The molecule has 1 N–H and O–H groups in total. The van der Waals surface area contributed by atoms with E-state index in [9.17, 15) is 0 Å². The van der Waals surface area contributed by atoms with E-state index in [0.29, 0.717) is 31.5 Å². The smallest absolute Gasteiger partial charge is 0.230 e. The van der Waals surface area contributed by atoms with Gasteiger partial charge in [0, 0.05) is 26.6 Å². The van der Waals surface area contributed by atoms with E-state index in [1.807, 2.05) is 11.8 Å². The topological polar surface area (TPSA) is 71.6 Å². The van der Waals surface area contributed by atoms with Crippen molar-refractivity contribution in [2.45, 2.75) is 19.9 Å². The van der Waals surface area contributed by atoms with Crippen LogP contribution >= 0.6 is 0 Å². The second kappa shape index (κ2) is 7.32. The van der Waals surface area contributed by atoms with Crippen molar-refractivity contribution in [2.75, 3.05) is 33.4 Å². The van der Waals surface area contributed by atoms with Crippen LogP contribution in [0.2, 0.25) is 0 Å². The fourth-order valence-corrected chi connectivity index (χ4v) is 1.32. The second-order valence-corrected chi connectivity index (χ2v) is 3.44. The lowest BCUT2D eigenvalue weighted by Crippen LogP contribution is -2.30. The van der Waals surface area contributed by atoms with E-state index in [-0.39, 0.29) is 6.61 Å². The Kier molecular flexibility index (Phi) is 5.99.